The molecule has 2 heterocycles. The zero-order valence-electron chi connectivity index (χ0n) is 10.1. The van der Waals surface area contributed by atoms with Crippen molar-refractivity contribution in [2.24, 2.45) is 17.6 Å². The molecule has 0 aliphatic rings. The molecule has 88 valence electrons. The van der Waals surface area contributed by atoms with E-state index in [4.69, 9.17) is 5.73 Å². The molecule has 3 nitrogen and oxygen atoms in total. The van der Waals surface area contributed by atoms with E-state index in [0.717, 1.165) is 17.1 Å². The number of thiazole rings is 1. The van der Waals surface area contributed by atoms with E-state index in [9.17, 15) is 0 Å². The maximum absolute atomic E-state index is 6.19. The van der Waals surface area contributed by atoms with E-state index in [0.29, 0.717) is 11.8 Å². The first-order chi connectivity index (χ1) is 7.58. The highest BCUT2D eigenvalue weighted by Gasteiger charge is 2.17. The van der Waals surface area contributed by atoms with E-state index in [1.807, 2.05) is 11.6 Å². The number of rotatable bonds is 4. The number of fused-ring (bicyclic) bond motifs is 1. The van der Waals surface area contributed by atoms with Crippen LogP contribution in [0.5, 0.6) is 0 Å². The Kier molecular flexibility index (Phi) is 3.30. The second-order valence-electron chi connectivity index (χ2n) is 4.80. The molecule has 2 atom stereocenters. The Balaban J connectivity index is 2.07. The molecule has 0 radical (unpaired) electrons. The van der Waals surface area contributed by atoms with Crippen LogP contribution < -0.4 is 5.73 Å². The summed E-state index contributed by atoms with van der Waals surface area (Å²) in [5.41, 5.74) is 7.30. The van der Waals surface area contributed by atoms with Crippen molar-refractivity contribution >= 4 is 16.3 Å². The van der Waals surface area contributed by atoms with Crippen molar-refractivity contribution in [3.8, 4) is 0 Å². The average molecular weight is 237 g/mol. The lowest BCUT2D eigenvalue weighted by Crippen LogP contribution is -2.33. The number of imidazole rings is 1. The molecule has 2 rings (SSSR count). The van der Waals surface area contributed by atoms with Crippen LogP contribution in [0, 0.1) is 11.8 Å². The van der Waals surface area contributed by atoms with Crippen molar-refractivity contribution in [1.82, 2.24) is 9.38 Å². The summed E-state index contributed by atoms with van der Waals surface area (Å²) in [6.07, 6.45) is 4.99. The molecular weight excluding hydrogens is 218 g/mol. The third-order valence-electron chi connectivity index (χ3n) is 3.31. The summed E-state index contributed by atoms with van der Waals surface area (Å²) < 4.78 is 2.06. The van der Waals surface area contributed by atoms with E-state index >= 15 is 0 Å². The Labute approximate surface area is 100 Å². The van der Waals surface area contributed by atoms with Gasteiger partial charge < -0.3 is 5.73 Å². The number of aromatic nitrogens is 2. The van der Waals surface area contributed by atoms with Gasteiger partial charge in [-0.15, -0.1) is 11.3 Å². The molecule has 0 saturated heterocycles. The highest BCUT2D eigenvalue weighted by molar-refractivity contribution is 7.15. The van der Waals surface area contributed by atoms with Crippen molar-refractivity contribution in [3.63, 3.8) is 0 Å². The summed E-state index contributed by atoms with van der Waals surface area (Å²) >= 11 is 1.66. The monoisotopic (exact) mass is 237 g/mol. The van der Waals surface area contributed by atoms with Gasteiger partial charge in [0.25, 0.3) is 0 Å². The van der Waals surface area contributed by atoms with Gasteiger partial charge in [-0.05, 0) is 11.8 Å². The van der Waals surface area contributed by atoms with Crippen LogP contribution in [0.4, 0.5) is 0 Å². The Morgan fingerprint density at radius 3 is 2.81 bits per heavy atom. The summed E-state index contributed by atoms with van der Waals surface area (Å²) in [4.78, 5) is 5.61. The molecule has 16 heavy (non-hydrogen) atoms. The van der Waals surface area contributed by atoms with E-state index < -0.39 is 0 Å². The summed E-state index contributed by atoms with van der Waals surface area (Å²) in [7, 11) is 0. The summed E-state index contributed by atoms with van der Waals surface area (Å²) in [6, 6.07) is 0.199. The second kappa shape index (κ2) is 4.55. The lowest BCUT2D eigenvalue weighted by atomic mass is 9.88. The topological polar surface area (TPSA) is 43.3 Å². The molecule has 0 saturated carbocycles. The predicted molar refractivity (Wildman–Crippen MR) is 68.8 cm³/mol. The van der Waals surface area contributed by atoms with Crippen molar-refractivity contribution in [1.29, 1.82) is 0 Å². The van der Waals surface area contributed by atoms with Gasteiger partial charge in [0.15, 0.2) is 4.96 Å². The van der Waals surface area contributed by atoms with Crippen molar-refractivity contribution in [2.45, 2.75) is 33.2 Å². The zero-order valence-corrected chi connectivity index (χ0v) is 10.9. The van der Waals surface area contributed by atoms with E-state index in [1.54, 1.807) is 11.3 Å². The normalized spacial score (nSPS) is 15.8. The smallest absolute Gasteiger partial charge is 0.193 e. The van der Waals surface area contributed by atoms with Gasteiger partial charge in [0.05, 0.1) is 5.69 Å². The first-order valence-electron chi connectivity index (χ1n) is 5.74. The van der Waals surface area contributed by atoms with Crippen molar-refractivity contribution in [2.75, 3.05) is 0 Å². The van der Waals surface area contributed by atoms with E-state index in [2.05, 4.69) is 36.4 Å². The summed E-state index contributed by atoms with van der Waals surface area (Å²) in [6.45, 7) is 6.65. The molecular formula is C12H19N3S. The van der Waals surface area contributed by atoms with Crippen molar-refractivity contribution < 1.29 is 0 Å². The highest BCUT2D eigenvalue weighted by Crippen LogP contribution is 2.18. The maximum atomic E-state index is 6.19. The molecule has 2 aromatic heterocycles. The van der Waals surface area contributed by atoms with Gasteiger partial charge in [-0.25, -0.2) is 4.98 Å². The van der Waals surface area contributed by atoms with Gasteiger partial charge in [-0.3, -0.25) is 4.40 Å². The van der Waals surface area contributed by atoms with Gasteiger partial charge in [-0.1, -0.05) is 20.8 Å². The van der Waals surface area contributed by atoms with Crippen LogP contribution in [0.25, 0.3) is 4.96 Å². The Hall–Kier alpha value is -0.870. The Morgan fingerprint density at radius 1 is 1.44 bits per heavy atom. The van der Waals surface area contributed by atoms with Crippen LogP contribution in [-0.4, -0.2) is 15.4 Å². The van der Waals surface area contributed by atoms with Gasteiger partial charge in [0.1, 0.15) is 0 Å². The lowest BCUT2D eigenvalue weighted by molar-refractivity contribution is 0.343. The number of nitrogens with two attached hydrogens (primary N) is 1. The molecule has 0 aliphatic heterocycles. The van der Waals surface area contributed by atoms with Gasteiger partial charge >= 0.3 is 0 Å². The average Bonchev–Trinajstić information content (AvgIpc) is 2.76. The summed E-state index contributed by atoms with van der Waals surface area (Å²) in [5, 5.41) is 2.04. The number of nitrogens with zero attached hydrogens (tertiary/aromatic N) is 2. The number of hydrogen-bond donors (Lipinski definition) is 1. The third-order valence-corrected chi connectivity index (χ3v) is 4.09. The third kappa shape index (κ3) is 2.28. The van der Waals surface area contributed by atoms with Crippen LogP contribution in [0.3, 0.4) is 0 Å². The molecule has 0 aliphatic carbocycles. The molecule has 0 fully saturated rings. The van der Waals surface area contributed by atoms with Crippen LogP contribution in [0.2, 0.25) is 0 Å². The maximum Gasteiger partial charge on any atom is 0.193 e. The molecule has 0 spiro atoms. The minimum atomic E-state index is 0.199. The van der Waals surface area contributed by atoms with Crippen LogP contribution in [-0.2, 0) is 6.42 Å². The Bertz CT molecular complexity index is 429. The lowest BCUT2D eigenvalue weighted by Gasteiger charge is -2.22. The fourth-order valence-electron chi connectivity index (χ4n) is 1.80. The first kappa shape index (κ1) is 11.6. The quantitative estimate of drug-likeness (QED) is 0.888. The predicted octanol–water partition coefficient (Wildman–Crippen LogP) is 2.56. The Morgan fingerprint density at radius 2 is 2.19 bits per heavy atom. The second-order valence-corrected chi connectivity index (χ2v) is 5.67. The molecule has 2 N–H and O–H groups in total. The van der Waals surface area contributed by atoms with E-state index in [-0.39, 0.29) is 6.04 Å². The number of hydrogen-bond acceptors (Lipinski definition) is 3. The first-order valence-corrected chi connectivity index (χ1v) is 6.62. The summed E-state index contributed by atoms with van der Waals surface area (Å²) in [5.74, 6) is 1.15. The molecule has 0 bridgehead atoms. The minimum Gasteiger partial charge on any atom is -0.327 e. The SMILES string of the molecule is CC(C)C(C)C(N)Cc1cn2ccsc2n1. The van der Waals surface area contributed by atoms with Crippen LogP contribution in [0.15, 0.2) is 17.8 Å². The minimum absolute atomic E-state index is 0.199. The molecule has 4 heteroatoms. The van der Waals surface area contributed by atoms with Gasteiger partial charge in [-0.2, -0.15) is 0 Å². The zero-order chi connectivity index (χ0) is 11.7. The molecule has 2 aromatic rings. The molecule has 0 amide bonds. The fourth-order valence-corrected chi connectivity index (χ4v) is 2.52. The highest BCUT2D eigenvalue weighted by atomic mass is 32.1. The van der Waals surface area contributed by atoms with Crippen LogP contribution in [0.1, 0.15) is 26.5 Å². The largest absolute Gasteiger partial charge is 0.327 e. The molecule has 2 unspecified atom stereocenters. The standard InChI is InChI=1S/C12H19N3S/c1-8(2)9(3)11(13)6-10-7-15-4-5-16-12(15)14-10/h4-5,7-9,11H,6,13H2,1-3H3. The van der Waals surface area contributed by atoms with Gasteiger partial charge in [0, 0.05) is 30.2 Å². The van der Waals surface area contributed by atoms with Gasteiger partial charge in [0.2, 0.25) is 0 Å². The van der Waals surface area contributed by atoms with Crippen molar-refractivity contribution in [3.05, 3.63) is 23.5 Å². The van der Waals surface area contributed by atoms with E-state index in [1.165, 1.54) is 0 Å². The molecule has 0 aromatic carbocycles. The van der Waals surface area contributed by atoms with Crippen LogP contribution >= 0.6 is 11.3 Å². The fraction of sp³-hybridized carbons (Fsp3) is 0.583.